The van der Waals surface area contributed by atoms with E-state index in [4.69, 9.17) is 4.74 Å². The molecule has 0 spiro atoms. The van der Waals surface area contributed by atoms with Crippen LogP contribution in [0, 0.1) is 61.0 Å². The number of halogens is 2. The molecule has 0 radical (unpaired) electrons. The number of hydrogen-bond acceptors (Lipinski definition) is 6. The molecular weight excluding hydrogens is 1080 g/mol. The number of Topliss-reactive ketones (excluding diaryl/α,β-unsaturated/α-hetero) is 1. The van der Waals surface area contributed by atoms with Crippen LogP contribution in [0.1, 0.15) is 263 Å². The van der Waals surface area contributed by atoms with Crippen molar-refractivity contribution in [3.8, 4) is 0 Å². The van der Waals surface area contributed by atoms with Gasteiger partial charge in [-0.3, -0.25) is 19.7 Å². The van der Waals surface area contributed by atoms with Crippen LogP contribution in [0.4, 0.5) is 20.2 Å². The fourth-order valence-corrected chi connectivity index (χ4v) is 10.2. The third kappa shape index (κ3) is 35.2. The van der Waals surface area contributed by atoms with Gasteiger partial charge in [0.05, 0.1) is 51.1 Å². The first-order chi connectivity index (χ1) is 41.0. The van der Waals surface area contributed by atoms with Crippen molar-refractivity contribution >= 4 is 29.0 Å². The number of imide groups is 1. The number of anilines is 2. The molecule has 0 aromatic heterocycles. The summed E-state index contributed by atoms with van der Waals surface area (Å²) in [6.45, 7) is 43.2. The average molecular weight is 1210 g/mol. The summed E-state index contributed by atoms with van der Waals surface area (Å²) in [4.78, 5) is 36.5. The summed E-state index contributed by atoms with van der Waals surface area (Å²) >= 11 is 0. The maximum atomic E-state index is 13.6. The van der Waals surface area contributed by atoms with Crippen LogP contribution in [0.2, 0.25) is 0 Å². The maximum Gasteiger partial charge on any atom is 0.226 e. The highest BCUT2D eigenvalue weighted by molar-refractivity contribution is 5.99. The third-order valence-corrected chi connectivity index (χ3v) is 18.2. The zero-order valence-corrected chi connectivity index (χ0v) is 59.7. The molecule has 6 rings (SSSR count). The van der Waals surface area contributed by atoms with E-state index in [0.717, 1.165) is 106 Å². The number of ketones is 1. The minimum Gasteiger partial charge on any atom is -0.500 e. The number of hydrogen-bond donors (Lipinski definition) is 2. The fourth-order valence-electron chi connectivity index (χ4n) is 10.2. The molecule has 8 nitrogen and oxygen atoms in total. The first-order valence-corrected chi connectivity index (χ1v) is 34.3. The van der Waals surface area contributed by atoms with E-state index in [1.54, 1.807) is 14.0 Å². The van der Waals surface area contributed by atoms with Crippen molar-refractivity contribution in [2.24, 2.45) is 35.5 Å². The number of allylic oxidation sites excluding steroid dienone is 5. The zero-order chi connectivity index (χ0) is 66.2. The number of unbranched alkanes of at least 4 members (excludes halogenated alkanes) is 2. The number of carbonyl (C=O) groups excluding carboxylic acids is 3. The van der Waals surface area contributed by atoms with Crippen LogP contribution in [-0.2, 0) is 19.1 Å². The summed E-state index contributed by atoms with van der Waals surface area (Å²) in [5, 5.41) is 5.70. The standard InChI is InChI=1S/C34H50N3O2.C11H24.C10H22.C7H6F2.C5H7NO2.C5H10.C5H12/c1-11-24(3)25(4)21-28(22-26(5)34-27(6)37(8,9)19-18-32(34)39-10)31(38)14-12-13-15-33-35-29-17-16-23(2)20-30(29)36(33)7;1-5-7-11(4)9-8-10(3)6-2;1-5-7-8-10(4)9(3)6-2;1-5-2-6(8)4-7(9)3-5;7-4-2-1-3-5(8)6-4;1-2-4-5-3-1;1-4-5(2)3/h15-17,20-22,24,27,35H,5,11-14,18-19H2,1-4,6-10H3;10-11H,5-9H2,1-4H3;9-10H,5-8H2,1-4H3;2-4H,1H3;1-3H2,(H,6,7,8);1-5H2;5H,4H2,1-3H3/q+1;;;;;;/b25-21-,28-22+,33-15-;;;;;;. The van der Waals surface area contributed by atoms with Gasteiger partial charge in [-0.25, -0.2) is 8.78 Å². The Labute approximate surface area is 534 Å². The second kappa shape index (κ2) is 46.3. The van der Waals surface area contributed by atoms with Gasteiger partial charge in [0, 0.05) is 37.9 Å². The molecule has 0 bridgehead atoms. The molecule has 4 aliphatic rings. The summed E-state index contributed by atoms with van der Waals surface area (Å²) < 4.78 is 31.0. The van der Waals surface area contributed by atoms with Crippen molar-refractivity contribution in [3.63, 3.8) is 0 Å². The Morgan fingerprint density at radius 1 is 0.713 bits per heavy atom. The summed E-state index contributed by atoms with van der Waals surface area (Å²) in [5.74, 6) is 5.97. The van der Waals surface area contributed by atoms with Crippen LogP contribution in [0.25, 0.3) is 0 Å². The first-order valence-electron chi connectivity index (χ1n) is 34.3. The highest BCUT2D eigenvalue weighted by atomic mass is 19.1. The van der Waals surface area contributed by atoms with E-state index in [1.807, 2.05) is 6.08 Å². The topological polar surface area (TPSA) is 87.7 Å². The molecule has 2 N–H and O–H groups in total. The lowest BCUT2D eigenvalue weighted by atomic mass is 9.89. The van der Waals surface area contributed by atoms with Crippen molar-refractivity contribution in [1.29, 1.82) is 0 Å². The number of piperidine rings is 1. The quantitative estimate of drug-likeness (QED) is 0.0379. The van der Waals surface area contributed by atoms with Crippen molar-refractivity contribution in [1.82, 2.24) is 5.32 Å². The second-order valence-corrected chi connectivity index (χ2v) is 26.7. The molecule has 3 aliphatic heterocycles. The van der Waals surface area contributed by atoms with E-state index >= 15 is 0 Å². The number of nitrogens with zero attached hydrogens (tertiary/aromatic N) is 2. The van der Waals surface area contributed by atoms with E-state index in [-0.39, 0.29) is 23.6 Å². The number of aryl methyl sites for hydroxylation is 2. The summed E-state index contributed by atoms with van der Waals surface area (Å²) in [5.41, 5.74) is 8.15. The van der Waals surface area contributed by atoms with Gasteiger partial charge in [0.2, 0.25) is 11.8 Å². The Morgan fingerprint density at radius 2 is 1.29 bits per heavy atom. The van der Waals surface area contributed by atoms with Crippen LogP contribution in [-0.4, -0.2) is 62.9 Å². The minimum absolute atomic E-state index is 0.138. The van der Waals surface area contributed by atoms with Gasteiger partial charge in [-0.15, -0.1) is 0 Å². The van der Waals surface area contributed by atoms with Crippen LogP contribution in [0.3, 0.4) is 0 Å². The molecule has 3 heterocycles. The number of amides is 2. The Bertz CT molecular complexity index is 2340. The molecule has 1 saturated carbocycles. The molecule has 496 valence electrons. The van der Waals surface area contributed by atoms with Crippen LogP contribution in [0.15, 0.2) is 95.1 Å². The van der Waals surface area contributed by atoms with E-state index in [0.29, 0.717) is 37.2 Å². The Kier molecular flexibility index (Phi) is 43.7. The van der Waals surface area contributed by atoms with Crippen LogP contribution < -0.4 is 15.5 Å². The Morgan fingerprint density at radius 3 is 1.76 bits per heavy atom. The highest BCUT2D eigenvalue weighted by Crippen LogP contribution is 2.37. The number of benzene rings is 2. The van der Waals surface area contributed by atoms with Gasteiger partial charge in [-0.1, -0.05) is 211 Å². The number of carbonyl (C=O) groups is 3. The van der Waals surface area contributed by atoms with Gasteiger partial charge in [0.1, 0.15) is 29.3 Å². The average Bonchev–Trinajstić information content (AvgIpc) is 2.29. The van der Waals surface area contributed by atoms with Crippen molar-refractivity contribution < 1.29 is 32.4 Å². The lowest BCUT2D eigenvalue weighted by Gasteiger charge is -2.41. The number of ether oxygens (including phenoxy) is 1. The van der Waals surface area contributed by atoms with Gasteiger partial charge in [-0.2, -0.15) is 0 Å². The van der Waals surface area contributed by atoms with Gasteiger partial charge in [-0.05, 0) is 142 Å². The largest absolute Gasteiger partial charge is 0.500 e. The molecule has 1 aliphatic carbocycles. The predicted molar refractivity (Wildman–Crippen MR) is 373 cm³/mol. The summed E-state index contributed by atoms with van der Waals surface area (Å²) in [7, 11) is 8.32. The van der Waals surface area contributed by atoms with Gasteiger partial charge >= 0.3 is 0 Å². The molecule has 2 aromatic carbocycles. The molecule has 87 heavy (non-hydrogen) atoms. The van der Waals surface area contributed by atoms with E-state index < -0.39 is 11.6 Å². The summed E-state index contributed by atoms with van der Waals surface area (Å²) in [6.07, 6.45) is 33.3. The monoisotopic (exact) mass is 1210 g/mol. The maximum absolute atomic E-state index is 13.6. The normalized spacial score (nSPS) is 18.3. The second-order valence-electron chi connectivity index (χ2n) is 26.7. The minimum atomic E-state index is -0.521. The van der Waals surface area contributed by atoms with Crippen LogP contribution in [0.5, 0.6) is 0 Å². The third-order valence-electron chi connectivity index (χ3n) is 18.2. The lowest BCUT2D eigenvalue weighted by molar-refractivity contribution is -0.909. The molecule has 2 aromatic rings. The molecule has 10 heteroatoms. The number of nitrogens with one attached hydrogen (secondary N) is 2. The van der Waals surface area contributed by atoms with E-state index in [2.05, 4.69) is 184 Å². The number of fused-ring (bicyclic) bond motifs is 1. The number of likely N-dealkylation sites (N-methyl/N-ethyl adjacent to an activating group) is 1. The van der Waals surface area contributed by atoms with Crippen LogP contribution >= 0.6 is 0 Å². The molecule has 6 unspecified atom stereocenters. The lowest BCUT2D eigenvalue weighted by Crippen LogP contribution is -2.52. The molecule has 2 fully saturated rings. The Balaban J connectivity index is 0.00000123. The van der Waals surface area contributed by atoms with Gasteiger partial charge in [0.25, 0.3) is 0 Å². The number of quaternary nitrogens is 1. The SMILES string of the molecule is C1CCCC1.C=C(/C=C(\C=C(\C)C(C)CC)C(=O)CCC/C=C1/Nc2ccc(C)cc2N1C)C1=C(OC)CC[N+](C)(C)C1C.CCC(C)C.CCCC(C)CCC(C)CC.CCCCC(C)C(C)CC.Cc1cc(F)cc(F)c1.O=C1CCCC(=O)N1. The molecule has 6 atom stereocenters. The smallest absolute Gasteiger partial charge is 0.226 e. The summed E-state index contributed by atoms with van der Waals surface area (Å²) in [6, 6.07) is 10.1. The van der Waals surface area contributed by atoms with Gasteiger partial charge < -0.3 is 19.4 Å². The molecule has 1 saturated heterocycles. The van der Waals surface area contributed by atoms with E-state index in [1.165, 1.54) is 125 Å². The molecular formula is C77H131F2N4O4+. The number of methoxy groups -OCH3 is 1. The zero-order valence-electron chi connectivity index (χ0n) is 59.7. The van der Waals surface area contributed by atoms with E-state index in [9.17, 15) is 23.2 Å². The fraction of sp³-hybridized carbons (Fsp3) is 0.675. The van der Waals surface area contributed by atoms with Crippen molar-refractivity contribution in [2.75, 3.05) is 45.0 Å². The van der Waals surface area contributed by atoms with Crippen molar-refractivity contribution in [3.05, 3.63) is 118 Å². The molecule has 2 amide bonds. The first kappa shape index (κ1) is 82.2. The highest BCUT2D eigenvalue weighted by Gasteiger charge is 2.36. The van der Waals surface area contributed by atoms with Gasteiger partial charge in [0.15, 0.2) is 5.78 Å². The van der Waals surface area contributed by atoms with Crippen molar-refractivity contribution in [2.45, 2.75) is 271 Å². The number of rotatable bonds is 23. The Hall–Kier alpha value is -4.83. The predicted octanol–water partition coefficient (Wildman–Crippen LogP) is 21.9.